The van der Waals surface area contributed by atoms with Crippen LogP contribution in [0.4, 0.5) is 5.69 Å². The largest absolute Gasteiger partial charge is 0.371 e. The van der Waals surface area contributed by atoms with Crippen LogP contribution in [-0.4, -0.2) is 40.9 Å². The second-order valence-corrected chi connectivity index (χ2v) is 8.75. The Morgan fingerprint density at radius 2 is 1.70 bits per heavy atom. The number of hydrogen-bond acceptors (Lipinski definition) is 4. The zero-order valence-electron chi connectivity index (χ0n) is 19.1. The van der Waals surface area contributed by atoms with E-state index >= 15 is 0 Å². The Labute approximate surface area is 203 Å². The van der Waals surface area contributed by atoms with Crippen LogP contribution in [0.3, 0.4) is 0 Å². The molecule has 6 heteroatoms. The summed E-state index contributed by atoms with van der Waals surface area (Å²) in [6.45, 7) is 6.74. The Kier molecular flexibility index (Phi) is 7.04. The van der Waals surface area contributed by atoms with Gasteiger partial charge in [-0.2, -0.15) is 0 Å². The lowest BCUT2D eigenvalue weighted by Crippen LogP contribution is -2.27. The fraction of sp³-hybridized carbons (Fsp3) is 0.222. The molecule has 4 rings (SSSR count). The monoisotopic (exact) mass is 502 g/mol. The number of nitrogens with zero attached hydrogens (tertiary/aromatic N) is 4. The van der Waals surface area contributed by atoms with E-state index in [0.717, 1.165) is 40.7 Å². The average molecular weight is 503 g/mol. The third-order valence-corrected chi connectivity index (χ3v) is 6.23. The van der Waals surface area contributed by atoms with Crippen LogP contribution >= 0.6 is 15.9 Å². The van der Waals surface area contributed by atoms with E-state index in [9.17, 15) is 4.79 Å². The molecule has 0 fully saturated rings. The van der Waals surface area contributed by atoms with Crippen molar-refractivity contribution < 1.29 is 4.79 Å². The Morgan fingerprint density at radius 1 is 0.939 bits per heavy atom. The van der Waals surface area contributed by atoms with Gasteiger partial charge in [-0.15, -0.1) is 0 Å². The van der Waals surface area contributed by atoms with E-state index in [4.69, 9.17) is 0 Å². The van der Waals surface area contributed by atoms with Crippen LogP contribution in [0, 0.1) is 0 Å². The summed E-state index contributed by atoms with van der Waals surface area (Å²) >= 11 is 3.33. The van der Waals surface area contributed by atoms with Gasteiger partial charge in [0.25, 0.3) is 5.91 Å². The van der Waals surface area contributed by atoms with Gasteiger partial charge in [0.15, 0.2) is 0 Å². The van der Waals surface area contributed by atoms with Crippen molar-refractivity contribution in [2.24, 2.45) is 0 Å². The first-order chi connectivity index (χ1) is 16.0. The molecule has 2 heterocycles. The van der Waals surface area contributed by atoms with E-state index < -0.39 is 0 Å². The summed E-state index contributed by atoms with van der Waals surface area (Å²) in [6, 6.07) is 22.2. The second kappa shape index (κ2) is 10.1. The van der Waals surface area contributed by atoms with Gasteiger partial charge in [-0.3, -0.25) is 9.78 Å². The summed E-state index contributed by atoms with van der Waals surface area (Å²) in [5, 5.41) is 1.15. The minimum Gasteiger partial charge on any atom is -0.371 e. The van der Waals surface area contributed by atoms with Crippen LogP contribution in [0.25, 0.3) is 22.0 Å². The molecule has 2 aromatic heterocycles. The normalized spacial score (nSPS) is 10.9. The predicted octanol–water partition coefficient (Wildman–Crippen LogP) is 6.18. The van der Waals surface area contributed by atoms with Crippen LogP contribution in [0.5, 0.6) is 0 Å². The van der Waals surface area contributed by atoms with E-state index in [1.165, 1.54) is 5.69 Å². The summed E-state index contributed by atoms with van der Waals surface area (Å²) in [6.07, 6.45) is 1.88. The second-order valence-electron chi connectivity index (χ2n) is 7.94. The maximum Gasteiger partial charge on any atom is 0.272 e. The first-order valence-corrected chi connectivity index (χ1v) is 11.9. The molecule has 0 atom stereocenters. The molecule has 0 bridgehead atoms. The number of aromatic nitrogens is 2. The Balaban J connectivity index is 1.62. The number of rotatable bonds is 7. The molecule has 2 aromatic carbocycles. The number of benzene rings is 2. The standard InChI is InChI=1S/C27H27BrN4O/c1-4-32(5-2)25-14-15-29-23-13-12-21(17-22(23)25)20-9-6-8-19(16-20)18-31(3)27(33)24-10-7-11-26(28)30-24/h6-17H,4-5,18H2,1-3H3. The van der Waals surface area contributed by atoms with Gasteiger partial charge in [0, 0.05) is 44.0 Å². The topological polar surface area (TPSA) is 49.3 Å². The Bertz CT molecular complexity index is 1290. The van der Waals surface area contributed by atoms with Gasteiger partial charge in [0.1, 0.15) is 10.3 Å². The quantitative estimate of drug-likeness (QED) is 0.283. The molecule has 0 aliphatic heterocycles. The fourth-order valence-electron chi connectivity index (χ4n) is 4.07. The van der Waals surface area contributed by atoms with Crippen molar-refractivity contribution in [1.29, 1.82) is 0 Å². The highest BCUT2D eigenvalue weighted by Crippen LogP contribution is 2.30. The number of fused-ring (bicyclic) bond motifs is 1. The lowest BCUT2D eigenvalue weighted by atomic mass is 10.00. The lowest BCUT2D eigenvalue weighted by molar-refractivity contribution is 0.0779. The Morgan fingerprint density at radius 3 is 2.45 bits per heavy atom. The van der Waals surface area contributed by atoms with Crippen LogP contribution in [0.1, 0.15) is 29.9 Å². The van der Waals surface area contributed by atoms with Crippen molar-refractivity contribution in [1.82, 2.24) is 14.9 Å². The first-order valence-electron chi connectivity index (χ1n) is 11.1. The number of halogens is 1. The minimum absolute atomic E-state index is 0.109. The third-order valence-electron chi connectivity index (χ3n) is 5.78. The Hall–Kier alpha value is -3.25. The molecule has 0 saturated heterocycles. The van der Waals surface area contributed by atoms with Crippen LogP contribution in [-0.2, 0) is 6.54 Å². The molecule has 0 spiro atoms. The van der Waals surface area contributed by atoms with Crippen molar-refractivity contribution in [2.45, 2.75) is 20.4 Å². The van der Waals surface area contributed by atoms with E-state index in [0.29, 0.717) is 16.8 Å². The fourth-order valence-corrected chi connectivity index (χ4v) is 4.41. The smallest absolute Gasteiger partial charge is 0.272 e. The maximum atomic E-state index is 12.8. The highest BCUT2D eigenvalue weighted by molar-refractivity contribution is 9.10. The van der Waals surface area contributed by atoms with Gasteiger partial charge in [-0.1, -0.05) is 30.3 Å². The molecular formula is C27H27BrN4O. The number of hydrogen-bond donors (Lipinski definition) is 0. The number of amides is 1. The van der Waals surface area contributed by atoms with E-state index in [1.807, 2.05) is 30.5 Å². The molecule has 168 valence electrons. The van der Waals surface area contributed by atoms with E-state index in [1.54, 1.807) is 18.0 Å². The SMILES string of the molecule is CCN(CC)c1ccnc2ccc(-c3cccc(CN(C)C(=O)c4cccc(Br)n4)c3)cc12. The highest BCUT2D eigenvalue weighted by atomic mass is 79.9. The number of pyridine rings is 2. The first kappa shape index (κ1) is 22.9. The van der Waals surface area contributed by atoms with Gasteiger partial charge in [0.05, 0.1) is 5.52 Å². The summed E-state index contributed by atoms with van der Waals surface area (Å²) in [7, 11) is 1.80. The van der Waals surface area contributed by atoms with E-state index in [-0.39, 0.29) is 5.91 Å². The summed E-state index contributed by atoms with van der Waals surface area (Å²) in [4.78, 5) is 25.7. The molecule has 4 aromatic rings. The van der Waals surface area contributed by atoms with Crippen LogP contribution < -0.4 is 4.90 Å². The molecule has 0 radical (unpaired) electrons. The molecule has 0 N–H and O–H groups in total. The number of carbonyl (C=O) groups is 1. The molecule has 1 amide bonds. The molecule has 5 nitrogen and oxygen atoms in total. The van der Waals surface area contributed by atoms with Crippen LogP contribution in [0.2, 0.25) is 0 Å². The van der Waals surface area contributed by atoms with E-state index in [2.05, 4.69) is 81.0 Å². The van der Waals surface area contributed by atoms with Crippen LogP contribution in [0.15, 0.2) is 77.5 Å². The third kappa shape index (κ3) is 5.06. The molecule has 0 aliphatic rings. The zero-order chi connectivity index (χ0) is 23.4. The van der Waals surface area contributed by atoms with Crippen molar-refractivity contribution in [2.75, 3.05) is 25.0 Å². The predicted molar refractivity (Wildman–Crippen MR) is 138 cm³/mol. The van der Waals surface area contributed by atoms with Crippen molar-refractivity contribution >= 4 is 38.4 Å². The van der Waals surface area contributed by atoms with Gasteiger partial charge in [-0.25, -0.2) is 4.98 Å². The number of carbonyl (C=O) groups excluding carboxylic acids is 1. The molecule has 0 saturated carbocycles. The summed E-state index contributed by atoms with van der Waals surface area (Å²) in [5.41, 5.74) is 5.93. The van der Waals surface area contributed by atoms with Crippen molar-refractivity contribution in [3.63, 3.8) is 0 Å². The summed E-state index contributed by atoms with van der Waals surface area (Å²) in [5.74, 6) is -0.109. The molecule has 0 aliphatic carbocycles. The maximum absolute atomic E-state index is 12.8. The zero-order valence-corrected chi connectivity index (χ0v) is 20.7. The van der Waals surface area contributed by atoms with Crippen molar-refractivity contribution in [3.05, 3.63) is 88.8 Å². The average Bonchev–Trinajstić information content (AvgIpc) is 2.84. The summed E-state index contributed by atoms with van der Waals surface area (Å²) < 4.78 is 0.652. The van der Waals surface area contributed by atoms with Gasteiger partial charge in [0.2, 0.25) is 0 Å². The lowest BCUT2D eigenvalue weighted by Gasteiger charge is -2.23. The van der Waals surface area contributed by atoms with Gasteiger partial charge in [-0.05, 0) is 82.9 Å². The highest BCUT2D eigenvalue weighted by Gasteiger charge is 2.14. The molecule has 0 unspecified atom stereocenters. The van der Waals surface area contributed by atoms with Gasteiger partial charge >= 0.3 is 0 Å². The molecular weight excluding hydrogens is 476 g/mol. The minimum atomic E-state index is -0.109. The molecule has 33 heavy (non-hydrogen) atoms. The van der Waals surface area contributed by atoms with Crippen molar-refractivity contribution in [3.8, 4) is 11.1 Å². The number of anilines is 1. The van der Waals surface area contributed by atoms with Gasteiger partial charge < -0.3 is 9.80 Å².